The van der Waals surface area contributed by atoms with Crippen LogP contribution in [0, 0.1) is 23.7 Å². The van der Waals surface area contributed by atoms with Gasteiger partial charge in [0.2, 0.25) is 0 Å². The number of esters is 2. The molecule has 1 unspecified atom stereocenters. The van der Waals surface area contributed by atoms with Crippen LogP contribution < -0.4 is 0 Å². The number of hydrogen-bond donors (Lipinski definition) is 2. The summed E-state index contributed by atoms with van der Waals surface area (Å²) >= 11 is 0. The van der Waals surface area contributed by atoms with E-state index in [-0.39, 0.29) is 25.2 Å². The summed E-state index contributed by atoms with van der Waals surface area (Å²) in [5.74, 6) is 9.86. The Kier molecular flexibility index (Phi) is 16.8. The van der Waals surface area contributed by atoms with E-state index in [0.717, 1.165) is 19.3 Å². The van der Waals surface area contributed by atoms with Gasteiger partial charge < -0.3 is 19.7 Å². The first-order valence-electron chi connectivity index (χ1n) is 9.61. The van der Waals surface area contributed by atoms with E-state index in [1.165, 1.54) is 6.92 Å². The zero-order valence-electron chi connectivity index (χ0n) is 17.1. The highest BCUT2D eigenvalue weighted by molar-refractivity contribution is 5.69. The van der Waals surface area contributed by atoms with Gasteiger partial charge in [0.05, 0.1) is 13.0 Å². The number of ether oxygens (including phenoxy) is 2. The molecule has 158 valence electrons. The summed E-state index contributed by atoms with van der Waals surface area (Å²) in [6, 6.07) is 0. The van der Waals surface area contributed by atoms with Gasteiger partial charge in [-0.3, -0.25) is 9.59 Å². The summed E-state index contributed by atoms with van der Waals surface area (Å²) in [5.41, 5.74) is 0. The molecule has 0 aliphatic rings. The van der Waals surface area contributed by atoms with Gasteiger partial charge in [0, 0.05) is 13.3 Å². The van der Waals surface area contributed by atoms with Crippen LogP contribution in [-0.4, -0.2) is 41.5 Å². The Morgan fingerprint density at radius 2 is 1.86 bits per heavy atom. The molecule has 0 aromatic carbocycles. The van der Waals surface area contributed by atoms with Gasteiger partial charge in [0.15, 0.2) is 5.76 Å². The predicted octanol–water partition coefficient (Wildman–Crippen LogP) is 2.81. The molecule has 0 fully saturated rings. The van der Waals surface area contributed by atoms with Crippen molar-refractivity contribution >= 4 is 11.9 Å². The molecule has 0 amide bonds. The highest BCUT2D eigenvalue weighted by atomic mass is 16.5. The molecule has 2 N–H and O–H groups in total. The molecule has 0 aliphatic heterocycles. The second-order valence-electron chi connectivity index (χ2n) is 5.90. The lowest BCUT2D eigenvalue weighted by Crippen LogP contribution is -2.21. The van der Waals surface area contributed by atoms with E-state index in [1.54, 1.807) is 6.08 Å². The van der Waals surface area contributed by atoms with Crippen molar-refractivity contribution in [2.24, 2.45) is 0 Å². The highest BCUT2D eigenvalue weighted by Gasteiger charge is 2.06. The third kappa shape index (κ3) is 18.3. The number of carbonyl (C=O) groups excluding carboxylic acids is 2. The Bertz CT molecular complexity index is 694. The smallest absolute Gasteiger partial charge is 0.308 e. The summed E-state index contributed by atoms with van der Waals surface area (Å²) in [7, 11) is 0. The topological polar surface area (TPSA) is 93.1 Å². The van der Waals surface area contributed by atoms with Crippen molar-refractivity contribution in [3.05, 3.63) is 36.1 Å². The van der Waals surface area contributed by atoms with Crippen molar-refractivity contribution < 1.29 is 29.3 Å². The van der Waals surface area contributed by atoms with Crippen LogP contribution in [0.1, 0.15) is 52.4 Å². The maximum absolute atomic E-state index is 11.4. The molecule has 29 heavy (non-hydrogen) atoms. The van der Waals surface area contributed by atoms with Crippen LogP contribution in [0.15, 0.2) is 36.1 Å². The minimum atomic E-state index is -1.07. The molecule has 0 radical (unpaired) electrons. The second-order valence-corrected chi connectivity index (χ2v) is 5.90. The molecule has 0 saturated carbocycles. The van der Waals surface area contributed by atoms with E-state index < -0.39 is 24.6 Å². The number of aliphatic hydroxyl groups excluding tert-OH is 2. The lowest BCUT2D eigenvalue weighted by molar-refractivity contribution is -0.147. The zero-order valence-corrected chi connectivity index (χ0v) is 17.1. The first-order valence-corrected chi connectivity index (χ1v) is 9.61. The average molecular weight is 402 g/mol. The Balaban J connectivity index is 4.40. The van der Waals surface area contributed by atoms with Gasteiger partial charge in [0.25, 0.3) is 0 Å². The van der Waals surface area contributed by atoms with Gasteiger partial charge in [-0.05, 0) is 49.5 Å². The Morgan fingerprint density at radius 1 is 1.10 bits per heavy atom. The molecule has 0 spiro atoms. The molecular formula is C23H30O6. The van der Waals surface area contributed by atoms with Crippen molar-refractivity contribution in [2.45, 2.75) is 58.5 Å². The summed E-state index contributed by atoms with van der Waals surface area (Å²) in [6.07, 6.45) is 12.8. The van der Waals surface area contributed by atoms with Crippen LogP contribution in [0.2, 0.25) is 0 Å². The standard InChI is InChI=1S/C23H30O6/c1-3-4-5-6-7-8-9-12-15-22(29-20(2)25)16-13-10-11-14-17-23(27)28-19-21(26)18-24/h4-5,7-8,15,21,24,26H,3,6,9,12,14,17-19H2,1-2H3/b5-4-,8-7-,22-15-. The fourth-order valence-corrected chi connectivity index (χ4v) is 1.82. The predicted molar refractivity (Wildman–Crippen MR) is 111 cm³/mol. The molecule has 0 bridgehead atoms. The normalized spacial score (nSPS) is 12.1. The van der Waals surface area contributed by atoms with Crippen molar-refractivity contribution in [1.82, 2.24) is 0 Å². The lowest BCUT2D eigenvalue weighted by atomic mass is 10.2. The van der Waals surface area contributed by atoms with Crippen LogP contribution in [0.5, 0.6) is 0 Å². The number of allylic oxidation sites excluding steroid dienone is 6. The first kappa shape index (κ1) is 26.2. The molecule has 0 rings (SSSR count). The molecule has 6 heteroatoms. The van der Waals surface area contributed by atoms with Gasteiger partial charge in [-0.2, -0.15) is 0 Å². The summed E-state index contributed by atoms with van der Waals surface area (Å²) in [4.78, 5) is 22.5. The van der Waals surface area contributed by atoms with Crippen molar-refractivity contribution in [2.75, 3.05) is 13.2 Å². The molecule has 0 aliphatic carbocycles. The van der Waals surface area contributed by atoms with Crippen molar-refractivity contribution in [1.29, 1.82) is 0 Å². The summed E-state index contributed by atoms with van der Waals surface area (Å²) < 4.78 is 9.79. The van der Waals surface area contributed by atoms with Crippen LogP contribution >= 0.6 is 0 Å². The van der Waals surface area contributed by atoms with Crippen LogP contribution in [0.4, 0.5) is 0 Å². The molecule has 6 nitrogen and oxygen atoms in total. The number of carbonyl (C=O) groups is 2. The maximum atomic E-state index is 11.4. The molecule has 1 atom stereocenters. The minimum Gasteiger partial charge on any atom is -0.463 e. The largest absolute Gasteiger partial charge is 0.463 e. The van der Waals surface area contributed by atoms with E-state index in [9.17, 15) is 9.59 Å². The SMILES string of the molecule is CC/C=C\C/C=C\CC/C=C(/C#CC#CCCC(=O)OCC(O)CO)OC(C)=O. The quantitative estimate of drug-likeness (QED) is 0.171. The van der Waals surface area contributed by atoms with Gasteiger partial charge in [-0.25, -0.2) is 0 Å². The number of unbranched alkanes of at least 4 members (excludes halogenated alkanes) is 1. The van der Waals surface area contributed by atoms with E-state index >= 15 is 0 Å². The second kappa shape index (κ2) is 18.6. The molecular weight excluding hydrogens is 372 g/mol. The maximum Gasteiger partial charge on any atom is 0.308 e. The van der Waals surface area contributed by atoms with Crippen LogP contribution in [-0.2, 0) is 19.1 Å². The third-order valence-electron chi connectivity index (χ3n) is 3.20. The van der Waals surface area contributed by atoms with Crippen LogP contribution in [0.25, 0.3) is 0 Å². The van der Waals surface area contributed by atoms with Gasteiger partial charge in [-0.1, -0.05) is 37.1 Å². The number of hydrogen-bond acceptors (Lipinski definition) is 6. The summed E-state index contributed by atoms with van der Waals surface area (Å²) in [6.45, 7) is 2.69. The highest BCUT2D eigenvalue weighted by Crippen LogP contribution is 2.03. The Morgan fingerprint density at radius 3 is 2.55 bits per heavy atom. The van der Waals surface area contributed by atoms with E-state index in [2.05, 4.69) is 54.9 Å². The third-order valence-corrected chi connectivity index (χ3v) is 3.20. The van der Waals surface area contributed by atoms with Gasteiger partial charge >= 0.3 is 11.9 Å². The first-order chi connectivity index (χ1) is 14.0. The number of aliphatic hydroxyl groups is 2. The zero-order chi connectivity index (χ0) is 21.7. The lowest BCUT2D eigenvalue weighted by Gasteiger charge is -2.07. The van der Waals surface area contributed by atoms with Crippen molar-refractivity contribution in [3.63, 3.8) is 0 Å². The Hall–Kier alpha value is -2.80. The van der Waals surface area contributed by atoms with Gasteiger partial charge in [-0.15, -0.1) is 0 Å². The molecule has 0 aromatic heterocycles. The van der Waals surface area contributed by atoms with E-state index in [1.807, 2.05) is 0 Å². The monoisotopic (exact) mass is 402 g/mol. The van der Waals surface area contributed by atoms with E-state index in [0.29, 0.717) is 6.42 Å². The van der Waals surface area contributed by atoms with Crippen molar-refractivity contribution in [3.8, 4) is 23.7 Å². The Labute approximate surface area is 173 Å². The average Bonchev–Trinajstić information content (AvgIpc) is 2.69. The molecule has 0 heterocycles. The van der Waals surface area contributed by atoms with Crippen LogP contribution in [0.3, 0.4) is 0 Å². The summed E-state index contributed by atoms with van der Waals surface area (Å²) in [5, 5.41) is 17.7. The minimum absolute atomic E-state index is 0.0548. The number of rotatable bonds is 12. The van der Waals surface area contributed by atoms with Gasteiger partial charge in [0.1, 0.15) is 12.7 Å². The fraction of sp³-hybridized carbons (Fsp3) is 0.478. The molecule has 0 aromatic rings. The molecule has 0 saturated heterocycles. The van der Waals surface area contributed by atoms with E-state index in [4.69, 9.17) is 19.7 Å². The fourth-order valence-electron chi connectivity index (χ4n) is 1.82.